The average Bonchev–Trinajstić information content (AvgIpc) is 2.44. The van der Waals surface area contributed by atoms with Crippen molar-refractivity contribution in [2.45, 2.75) is 18.3 Å². The maximum atomic E-state index is 10.2. The van der Waals surface area contributed by atoms with Crippen LogP contribution in [0.5, 0.6) is 17.2 Å². The fourth-order valence-corrected chi connectivity index (χ4v) is 2.35. The normalized spacial score (nSPS) is 24.8. The number of aliphatic hydroxyl groups is 2. The van der Waals surface area contributed by atoms with Gasteiger partial charge in [0, 0.05) is 11.6 Å². The third kappa shape index (κ3) is 2.07. The lowest BCUT2D eigenvalue weighted by Gasteiger charge is -2.34. The number of aromatic hydroxyl groups is 2. The van der Waals surface area contributed by atoms with E-state index < -0.39 is 18.3 Å². The topological polar surface area (TPSA) is 90.2 Å². The largest absolute Gasteiger partial charge is 0.508 e. The standard InChI is InChI=1S/C15H14O5/c16-9-3-1-8(2-4-9)15-14(19)13(18)11-6-5-10(17)7-12(11)20-15/h1-7,13-19H/t13-,14-,15+/m0/s1. The second-order valence-electron chi connectivity index (χ2n) is 4.79. The summed E-state index contributed by atoms with van der Waals surface area (Å²) in [7, 11) is 0. The first kappa shape index (κ1) is 12.8. The van der Waals surface area contributed by atoms with E-state index in [1.807, 2.05) is 0 Å². The Labute approximate surface area is 115 Å². The molecule has 0 saturated heterocycles. The minimum absolute atomic E-state index is 0.0248. The Balaban J connectivity index is 2.00. The number of fused-ring (bicyclic) bond motifs is 1. The van der Waals surface area contributed by atoms with Crippen LogP contribution in [0.15, 0.2) is 42.5 Å². The number of phenolic OH excluding ortho intramolecular Hbond substituents is 2. The molecular formula is C15H14O5. The minimum atomic E-state index is -1.13. The molecule has 0 radical (unpaired) electrons. The van der Waals surface area contributed by atoms with Gasteiger partial charge in [0.1, 0.15) is 29.5 Å². The highest BCUT2D eigenvalue weighted by molar-refractivity contribution is 5.44. The van der Waals surface area contributed by atoms with Gasteiger partial charge < -0.3 is 25.2 Å². The van der Waals surface area contributed by atoms with E-state index in [2.05, 4.69) is 0 Å². The van der Waals surface area contributed by atoms with Gasteiger partial charge in [-0.2, -0.15) is 0 Å². The van der Waals surface area contributed by atoms with Crippen LogP contribution in [-0.4, -0.2) is 26.5 Å². The maximum absolute atomic E-state index is 10.2. The summed E-state index contributed by atoms with van der Waals surface area (Å²) in [4.78, 5) is 0. The van der Waals surface area contributed by atoms with Crippen molar-refractivity contribution in [2.75, 3.05) is 0 Å². The van der Waals surface area contributed by atoms with Crippen molar-refractivity contribution in [1.29, 1.82) is 0 Å². The summed E-state index contributed by atoms with van der Waals surface area (Å²) in [6, 6.07) is 10.5. The molecular weight excluding hydrogens is 260 g/mol. The zero-order valence-corrected chi connectivity index (χ0v) is 10.5. The molecule has 5 nitrogen and oxygen atoms in total. The fourth-order valence-electron chi connectivity index (χ4n) is 2.35. The van der Waals surface area contributed by atoms with Gasteiger partial charge in [0.2, 0.25) is 0 Å². The van der Waals surface area contributed by atoms with Crippen molar-refractivity contribution in [2.24, 2.45) is 0 Å². The highest BCUT2D eigenvalue weighted by atomic mass is 16.5. The smallest absolute Gasteiger partial charge is 0.152 e. The molecule has 3 atom stereocenters. The van der Waals surface area contributed by atoms with Crippen LogP contribution in [0.25, 0.3) is 0 Å². The Hall–Kier alpha value is -2.24. The summed E-state index contributed by atoms with van der Waals surface area (Å²) in [5.41, 5.74) is 1.06. The van der Waals surface area contributed by atoms with Crippen molar-refractivity contribution in [3.63, 3.8) is 0 Å². The molecule has 1 aliphatic heterocycles. The van der Waals surface area contributed by atoms with Crippen LogP contribution >= 0.6 is 0 Å². The molecule has 0 bridgehead atoms. The first-order valence-electron chi connectivity index (χ1n) is 6.21. The molecule has 0 aliphatic carbocycles. The predicted octanol–water partition coefficient (Wildman–Crippen LogP) is 1.63. The van der Waals surface area contributed by atoms with E-state index in [0.29, 0.717) is 16.9 Å². The molecule has 1 aliphatic rings. The van der Waals surface area contributed by atoms with Gasteiger partial charge in [-0.05, 0) is 29.8 Å². The molecule has 1 heterocycles. The first-order valence-corrected chi connectivity index (χ1v) is 6.21. The molecule has 0 fully saturated rings. The van der Waals surface area contributed by atoms with Crippen LogP contribution in [0.1, 0.15) is 23.3 Å². The molecule has 2 aromatic rings. The zero-order chi connectivity index (χ0) is 14.3. The molecule has 3 rings (SSSR count). The van der Waals surface area contributed by atoms with Crippen molar-refractivity contribution >= 4 is 0 Å². The second-order valence-corrected chi connectivity index (χ2v) is 4.79. The third-order valence-corrected chi connectivity index (χ3v) is 3.43. The monoisotopic (exact) mass is 274 g/mol. The summed E-state index contributed by atoms with van der Waals surface area (Å²) < 4.78 is 5.67. The number of benzene rings is 2. The van der Waals surface area contributed by atoms with Gasteiger partial charge in [-0.15, -0.1) is 0 Å². The Morgan fingerprint density at radius 2 is 1.50 bits per heavy atom. The molecule has 0 unspecified atom stereocenters. The third-order valence-electron chi connectivity index (χ3n) is 3.43. The Bertz CT molecular complexity index is 623. The quantitative estimate of drug-likeness (QED) is 0.634. The van der Waals surface area contributed by atoms with E-state index in [-0.39, 0.29) is 11.5 Å². The maximum Gasteiger partial charge on any atom is 0.152 e. The molecule has 5 heteroatoms. The molecule has 104 valence electrons. The van der Waals surface area contributed by atoms with Crippen LogP contribution in [0.2, 0.25) is 0 Å². The number of rotatable bonds is 1. The molecule has 0 saturated carbocycles. The van der Waals surface area contributed by atoms with E-state index in [9.17, 15) is 20.4 Å². The lowest BCUT2D eigenvalue weighted by Crippen LogP contribution is -2.34. The molecule has 0 aromatic heterocycles. The van der Waals surface area contributed by atoms with Gasteiger partial charge in [-0.1, -0.05) is 12.1 Å². The lowest BCUT2D eigenvalue weighted by atomic mass is 9.92. The highest BCUT2D eigenvalue weighted by Crippen LogP contribution is 2.42. The molecule has 4 N–H and O–H groups in total. The summed E-state index contributed by atoms with van der Waals surface area (Å²) in [6.45, 7) is 0. The Morgan fingerprint density at radius 3 is 2.20 bits per heavy atom. The van der Waals surface area contributed by atoms with Gasteiger partial charge in [-0.25, -0.2) is 0 Å². The fraction of sp³-hybridized carbons (Fsp3) is 0.200. The van der Waals surface area contributed by atoms with Crippen LogP contribution in [0.3, 0.4) is 0 Å². The molecule has 2 aromatic carbocycles. The van der Waals surface area contributed by atoms with Crippen LogP contribution in [0, 0.1) is 0 Å². The molecule has 0 amide bonds. The number of ether oxygens (including phenoxy) is 1. The van der Waals surface area contributed by atoms with Crippen LogP contribution < -0.4 is 4.74 Å². The Kier molecular flexibility index (Phi) is 3.00. The van der Waals surface area contributed by atoms with Crippen molar-refractivity contribution in [1.82, 2.24) is 0 Å². The minimum Gasteiger partial charge on any atom is -0.508 e. The van der Waals surface area contributed by atoms with Gasteiger partial charge >= 0.3 is 0 Å². The first-order chi connectivity index (χ1) is 9.56. The summed E-state index contributed by atoms with van der Waals surface area (Å²) in [5, 5.41) is 39.1. The lowest BCUT2D eigenvalue weighted by molar-refractivity contribution is -0.0700. The van der Waals surface area contributed by atoms with Crippen LogP contribution in [0.4, 0.5) is 0 Å². The van der Waals surface area contributed by atoms with Gasteiger partial charge in [0.25, 0.3) is 0 Å². The number of aliphatic hydroxyl groups excluding tert-OH is 2. The van der Waals surface area contributed by atoms with E-state index in [1.165, 1.54) is 30.3 Å². The number of phenols is 2. The summed E-state index contributed by atoms with van der Waals surface area (Å²) >= 11 is 0. The zero-order valence-electron chi connectivity index (χ0n) is 10.5. The van der Waals surface area contributed by atoms with E-state index >= 15 is 0 Å². The SMILES string of the molecule is Oc1ccc([C@H]2Oc3cc(O)ccc3[C@H](O)[C@@H]2O)cc1. The second kappa shape index (κ2) is 4.70. The average molecular weight is 274 g/mol. The number of hydrogen-bond acceptors (Lipinski definition) is 5. The van der Waals surface area contributed by atoms with E-state index in [4.69, 9.17) is 4.74 Å². The van der Waals surface area contributed by atoms with Crippen molar-refractivity contribution < 1.29 is 25.2 Å². The Morgan fingerprint density at radius 1 is 0.850 bits per heavy atom. The van der Waals surface area contributed by atoms with Gasteiger partial charge in [0.05, 0.1) is 0 Å². The number of hydrogen-bond donors (Lipinski definition) is 4. The van der Waals surface area contributed by atoms with Crippen molar-refractivity contribution in [3.05, 3.63) is 53.6 Å². The van der Waals surface area contributed by atoms with E-state index in [1.54, 1.807) is 12.1 Å². The van der Waals surface area contributed by atoms with E-state index in [0.717, 1.165) is 0 Å². The predicted molar refractivity (Wildman–Crippen MR) is 70.5 cm³/mol. The van der Waals surface area contributed by atoms with Gasteiger partial charge in [0.15, 0.2) is 6.10 Å². The highest BCUT2D eigenvalue weighted by Gasteiger charge is 2.37. The summed E-state index contributed by atoms with van der Waals surface area (Å²) in [5.74, 6) is 0.468. The molecule has 0 spiro atoms. The van der Waals surface area contributed by atoms with Gasteiger partial charge in [-0.3, -0.25) is 0 Å². The molecule has 20 heavy (non-hydrogen) atoms. The van der Waals surface area contributed by atoms with Crippen molar-refractivity contribution in [3.8, 4) is 17.2 Å². The summed E-state index contributed by atoms with van der Waals surface area (Å²) in [6.07, 6.45) is -2.99. The van der Waals surface area contributed by atoms with Crippen LogP contribution in [-0.2, 0) is 0 Å².